The molecule has 4 heteroatoms. The van der Waals surface area contributed by atoms with Gasteiger partial charge in [0.15, 0.2) is 0 Å². The highest BCUT2D eigenvalue weighted by Gasteiger charge is 2.33. The molecule has 1 unspecified atom stereocenters. The van der Waals surface area contributed by atoms with E-state index in [0.29, 0.717) is 0 Å². The number of nitrogens with two attached hydrogens (primary N) is 2. The van der Waals surface area contributed by atoms with Crippen LogP contribution < -0.4 is 16.4 Å². The van der Waals surface area contributed by atoms with Gasteiger partial charge in [0.25, 0.3) is 0 Å². The summed E-state index contributed by atoms with van der Waals surface area (Å²) in [5.41, 5.74) is 13.9. The minimum Gasteiger partial charge on any atom is -0.399 e. The van der Waals surface area contributed by atoms with Crippen LogP contribution in [-0.4, -0.2) is 18.5 Å². The Hall–Kier alpha value is -1.71. The Labute approximate surface area is 88.9 Å². The van der Waals surface area contributed by atoms with Crippen LogP contribution in [0.15, 0.2) is 18.2 Å². The van der Waals surface area contributed by atoms with Gasteiger partial charge in [-0.15, -0.1) is 0 Å². The fourth-order valence-corrected chi connectivity index (χ4v) is 1.97. The summed E-state index contributed by atoms with van der Waals surface area (Å²) in [7, 11) is 0. The molecule has 2 rings (SSSR count). The van der Waals surface area contributed by atoms with E-state index in [1.54, 1.807) is 0 Å². The Kier molecular flexibility index (Phi) is 2.26. The lowest BCUT2D eigenvalue weighted by atomic mass is 9.99. The van der Waals surface area contributed by atoms with Gasteiger partial charge in [0.2, 0.25) is 5.91 Å². The van der Waals surface area contributed by atoms with Crippen molar-refractivity contribution in [2.24, 2.45) is 5.73 Å². The summed E-state index contributed by atoms with van der Waals surface area (Å²) in [6.45, 7) is 2.88. The van der Waals surface area contributed by atoms with Crippen LogP contribution in [0, 0.1) is 6.92 Å². The topological polar surface area (TPSA) is 72.3 Å². The van der Waals surface area contributed by atoms with Crippen molar-refractivity contribution in [2.75, 3.05) is 17.2 Å². The minimum atomic E-state index is -0.252. The third-order valence-corrected chi connectivity index (χ3v) is 2.88. The van der Waals surface area contributed by atoms with Gasteiger partial charge in [-0.3, -0.25) is 4.79 Å². The highest BCUT2D eigenvalue weighted by molar-refractivity contribution is 5.86. The maximum absolute atomic E-state index is 11.1. The minimum absolute atomic E-state index is 0.146. The Morgan fingerprint density at radius 3 is 2.73 bits per heavy atom. The lowest BCUT2D eigenvalue weighted by molar-refractivity contribution is -0.120. The number of carbonyl (C=O) groups is 1. The van der Waals surface area contributed by atoms with Crippen molar-refractivity contribution >= 4 is 17.3 Å². The van der Waals surface area contributed by atoms with Crippen molar-refractivity contribution in [1.82, 2.24) is 0 Å². The lowest BCUT2D eigenvalue weighted by Gasteiger charge is -2.41. The van der Waals surface area contributed by atoms with Crippen LogP contribution in [0.2, 0.25) is 0 Å². The number of primary amides is 1. The SMILES string of the molecule is Cc1cc(N)ccc1N1CCC1C(N)=O. The Balaban J connectivity index is 2.27. The summed E-state index contributed by atoms with van der Waals surface area (Å²) in [6.07, 6.45) is 0.846. The predicted molar refractivity (Wildman–Crippen MR) is 60.5 cm³/mol. The van der Waals surface area contributed by atoms with Crippen molar-refractivity contribution in [3.8, 4) is 0 Å². The molecule has 0 radical (unpaired) electrons. The molecule has 1 amide bonds. The molecule has 0 aliphatic carbocycles. The highest BCUT2D eigenvalue weighted by Crippen LogP contribution is 2.30. The molecule has 1 aliphatic heterocycles. The molecular formula is C11H15N3O. The summed E-state index contributed by atoms with van der Waals surface area (Å²) >= 11 is 0. The number of hydrogen-bond donors (Lipinski definition) is 2. The second-order valence-corrected chi connectivity index (χ2v) is 3.95. The fraction of sp³-hybridized carbons (Fsp3) is 0.364. The van der Waals surface area contributed by atoms with Crippen LogP contribution in [0.3, 0.4) is 0 Å². The molecule has 1 atom stereocenters. The molecule has 1 aromatic carbocycles. The van der Waals surface area contributed by atoms with Crippen LogP contribution in [0.1, 0.15) is 12.0 Å². The van der Waals surface area contributed by atoms with Crippen LogP contribution in [0.25, 0.3) is 0 Å². The van der Waals surface area contributed by atoms with E-state index in [1.807, 2.05) is 30.0 Å². The van der Waals surface area contributed by atoms with E-state index in [0.717, 1.165) is 29.9 Å². The van der Waals surface area contributed by atoms with Crippen molar-refractivity contribution in [2.45, 2.75) is 19.4 Å². The van der Waals surface area contributed by atoms with Gasteiger partial charge in [0.1, 0.15) is 6.04 Å². The highest BCUT2D eigenvalue weighted by atomic mass is 16.1. The predicted octanol–water partition coefficient (Wildman–Crippen LogP) is 0.641. The van der Waals surface area contributed by atoms with Gasteiger partial charge in [0.05, 0.1) is 0 Å². The molecule has 1 aliphatic rings. The van der Waals surface area contributed by atoms with E-state index >= 15 is 0 Å². The van der Waals surface area contributed by atoms with Gasteiger partial charge >= 0.3 is 0 Å². The van der Waals surface area contributed by atoms with E-state index in [2.05, 4.69) is 0 Å². The van der Waals surface area contributed by atoms with E-state index < -0.39 is 0 Å². The molecule has 0 saturated carbocycles. The van der Waals surface area contributed by atoms with E-state index in [9.17, 15) is 4.79 Å². The maximum atomic E-state index is 11.1. The Bertz CT molecular complexity index is 403. The summed E-state index contributed by atoms with van der Waals surface area (Å²) in [5, 5.41) is 0. The average molecular weight is 205 g/mol. The smallest absolute Gasteiger partial charge is 0.240 e. The largest absolute Gasteiger partial charge is 0.399 e. The molecule has 0 aromatic heterocycles. The molecule has 0 spiro atoms. The maximum Gasteiger partial charge on any atom is 0.240 e. The molecule has 4 nitrogen and oxygen atoms in total. The van der Waals surface area contributed by atoms with Crippen molar-refractivity contribution in [3.05, 3.63) is 23.8 Å². The quantitative estimate of drug-likeness (QED) is 0.696. The first kappa shape index (κ1) is 9.83. The molecule has 15 heavy (non-hydrogen) atoms. The summed E-state index contributed by atoms with van der Waals surface area (Å²) < 4.78 is 0. The van der Waals surface area contributed by atoms with Gasteiger partial charge in [0, 0.05) is 17.9 Å². The summed E-state index contributed by atoms with van der Waals surface area (Å²) in [5.74, 6) is -0.252. The average Bonchev–Trinajstić information content (AvgIpc) is 2.06. The number of nitrogen functional groups attached to an aromatic ring is 1. The summed E-state index contributed by atoms with van der Waals surface area (Å²) in [4.78, 5) is 13.1. The van der Waals surface area contributed by atoms with Gasteiger partial charge in [-0.25, -0.2) is 0 Å². The van der Waals surface area contributed by atoms with Crippen molar-refractivity contribution in [1.29, 1.82) is 0 Å². The van der Waals surface area contributed by atoms with Crippen molar-refractivity contribution in [3.63, 3.8) is 0 Å². The zero-order valence-corrected chi connectivity index (χ0v) is 8.73. The number of nitrogens with zero attached hydrogens (tertiary/aromatic N) is 1. The third kappa shape index (κ3) is 1.63. The molecule has 1 fully saturated rings. The number of carbonyl (C=O) groups excluding carboxylic acids is 1. The summed E-state index contributed by atoms with van der Waals surface area (Å²) in [6, 6.07) is 5.55. The van der Waals surface area contributed by atoms with Crippen molar-refractivity contribution < 1.29 is 4.79 Å². The fourth-order valence-electron chi connectivity index (χ4n) is 1.97. The van der Waals surface area contributed by atoms with Crippen LogP contribution in [-0.2, 0) is 4.79 Å². The number of hydrogen-bond acceptors (Lipinski definition) is 3. The Morgan fingerprint density at radius 1 is 1.53 bits per heavy atom. The second kappa shape index (κ2) is 3.46. The first-order valence-electron chi connectivity index (χ1n) is 5.01. The molecule has 80 valence electrons. The van der Waals surface area contributed by atoms with E-state index in [-0.39, 0.29) is 11.9 Å². The van der Waals surface area contributed by atoms with Crippen LogP contribution in [0.5, 0.6) is 0 Å². The first-order chi connectivity index (χ1) is 7.09. The Morgan fingerprint density at radius 2 is 2.27 bits per heavy atom. The molecule has 1 saturated heterocycles. The lowest BCUT2D eigenvalue weighted by Crippen LogP contribution is -2.55. The second-order valence-electron chi connectivity index (χ2n) is 3.95. The normalized spacial score (nSPS) is 19.8. The number of rotatable bonds is 2. The number of amides is 1. The van der Waals surface area contributed by atoms with Crippen LogP contribution >= 0.6 is 0 Å². The number of anilines is 2. The monoisotopic (exact) mass is 205 g/mol. The van der Waals surface area contributed by atoms with Gasteiger partial charge < -0.3 is 16.4 Å². The van der Waals surface area contributed by atoms with Crippen LogP contribution in [0.4, 0.5) is 11.4 Å². The molecule has 4 N–H and O–H groups in total. The number of aryl methyl sites for hydroxylation is 1. The van der Waals surface area contributed by atoms with E-state index in [4.69, 9.17) is 11.5 Å². The standard InChI is InChI=1S/C11H15N3O/c1-7-6-8(12)2-3-9(7)14-5-4-10(14)11(13)15/h2-3,6,10H,4-5,12H2,1H3,(H2,13,15). The van der Waals surface area contributed by atoms with Gasteiger partial charge in [-0.2, -0.15) is 0 Å². The molecular weight excluding hydrogens is 190 g/mol. The molecule has 0 bridgehead atoms. The zero-order chi connectivity index (χ0) is 11.0. The first-order valence-corrected chi connectivity index (χ1v) is 5.01. The number of benzene rings is 1. The molecule has 1 heterocycles. The van der Waals surface area contributed by atoms with E-state index in [1.165, 1.54) is 0 Å². The van der Waals surface area contributed by atoms with Gasteiger partial charge in [-0.1, -0.05) is 0 Å². The molecule has 1 aromatic rings. The third-order valence-electron chi connectivity index (χ3n) is 2.88. The van der Waals surface area contributed by atoms with Gasteiger partial charge in [-0.05, 0) is 37.1 Å². The zero-order valence-electron chi connectivity index (χ0n) is 8.73.